The molecular weight excluding hydrogens is 408 g/mol. The molecule has 168 valence electrons. The number of rotatable bonds is 3. The van der Waals surface area contributed by atoms with E-state index in [2.05, 4.69) is 21.2 Å². The molecule has 1 fully saturated rings. The Labute approximate surface area is 187 Å². The Morgan fingerprint density at radius 3 is 2.59 bits per heavy atom. The average molecular weight is 437 g/mol. The van der Waals surface area contributed by atoms with Crippen LogP contribution < -0.4 is 4.74 Å². The summed E-state index contributed by atoms with van der Waals surface area (Å²) in [6.45, 7) is 8.88. The number of ether oxygens (including phenoxy) is 2. The van der Waals surface area contributed by atoms with Crippen molar-refractivity contribution >= 4 is 11.7 Å². The third-order valence-electron chi connectivity index (χ3n) is 5.59. The highest BCUT2D eigenvalue weighted by Gasteiger charge is 2.29. The molecular formula is C23H28N6O3. The van der Waals surface area contributed by atoms with E-state index in [-0.39, 0.29) is 12.1 Å². The van der Waals surface area contributed by atoms with Crippen molar-refractivity contribution in [3.63, 3.8) is 0 Å². The summed E-state index contributed by atoms with van der Waals surface area (Å²) in [6.07, 6.45) is 8.53. The Morgan fingerprint density at radius 2 is 1.97 bits per heavy atom. The van der Waals surface area contributed by atoms with Gasteiger partial charge in [-0.2, -0.15) is 0 Å². The van der Waals surface area contributed by atoms with Gasteiger partial charge >= 0.3 is 6.09 Å². The number of amides is 1. The average Bonchev–Trinajstić information content (AvgIpc) is 3.35. The number of methoxy groups -OCH3 is 1. The summed E-state index contributed by atoms with van der Waals surface area (Å²) < 4.78 is 14.8. The Morgan fingerprint density at radius 1 is 1.25 bits per heavy atom. The maximum absolute atomic E-state index is 12.3. The number of carbonyl (C=O) groups excluding carboxylic acids is 1. The van der Waals surface area contributed by atoms with Crippen LogP contribution in [0.25, 0.3) is 16.9 Å². The van der Waals surface area contributed by atoms with Crippen molar-refractivity contribution in [2.24, 2.45) is 0 Å². The highest BCUT2D eigenvalue weighted by atomic mass is 16.6. The molecule has 0 aliphatic carbocycles. The molecule has 4 heterocycles. The number of nitrogens with zero attached hydrogens (tertiary/aromatic N) is 6. The topological polar surface area (TPSA) is 86.8 Å². The van der Waals surface area contributed by atoms with Crippen LogP contribution in [0.5, 0.6) is 5.88 Å². The fraction of sp³-hybridized carbons (Fsp3) is 0.478. The normalized spacial score (nSPS) is 15.1. The molecule has 0 spiro atoms. The first-order valence-electron chi connectivity index (χ1n) is 10.6. The van der Waals surface area contributed by atoms with Gasteiger partial charge in [-0.3, -0.25) is 4.40 Å². The SMILES string of the molecule is C#Cc1cnc2cc(-c3nnn(C4CCN(C(=O)OC(C)(C)C)CC4)c3C)cc(OC)n12. The molecule has 9 nitrogen and oxygen atoms in total. The van der Waals surface area contributed by atoms with E-state index in [4.69, 9.17) is 15.9 Å². The summed E-state index contributed by atoms with van der Waals surface area (Å²) >= 11 is 0. The number of terminal acetylenes is 1. The highest BCUT2D eigenvalue weighted by Crippen LogP contribution is 2.31. The second-order valence-electron chi connectivity index (χ2n) is 8.93. The quantitative estimate of drug-likeness (QED) is 0.585. The van der Waals surface area contributed by atoms with Crippen molar-refractivity contribution < 1.29 is 14.3 Å². The lowest BCUT2D eigenvalue weighted by molar-refractivity contribution is 0.0184. The Kier molecular flexibility index (Phi) is 5.55. The van der Waals surface area contributed by atoms with Crippen LogP contribution in [0.2, 0.25) is 0 Å². The van der Waals surface area contributed by atoms with Gasteiger partial charge in [0.1, 0.15) is 22.6 Å². The number of fused-ring (bicyclic) bond motifs is 1. The zero-order chi connectivity index (χ0) is 23.0. The van der Waals surface area contributed by atoms with E-state index in [0.717, 1.165) is 29.8 Å². The first kappa shape index (κ1) is 21.7. The summed E-state index contributed by atoms with van der Waals surface area (Å²) in [6, 6.07) is 3.98. The van der Waals surface area contributed by atoms with Crippen LogP contribution in [0, 0.1) is 19.3 Å². The molecule has 1 aliphatic heterocycles. The molecule has 0 aromatic carbocycles. The van der Waals surface area contributed by atoms with Gasteiger partial charge < -0.3 is 14.4 Å². The lowest BCUT2D eigenvalue weighted by atomic mass is 10.0. The molecule has 0 saturated carbocycles. The van der Waals surface area contributed by atoms with Gasteiger partial charge in [0, 0.05) is 24.7 Å². The number of pyridine rings is 1. The van der Waals surface area contributed by atoms with E-state index >= 15 is 0 Å². The fourth-order valence-electron chi connectivity index (χ4n) is 4.04. The number of hydrogen-bond donors (Lipinski definition) is 0. The third kappa shape index (κ3) is 4.00. The molecule has 1 aliphatic rings. The number of piperidine rings is 1. The van der Waals surface area contributed by atoms with Gasteiger partial charge in [0.25, 0.3) is 0 Å². The molecule has 32 heavy (non-hydrogen) atoms. The lowest BCUT2D eigenvalue weighted by Crippen LogP contribution is -2.42. The smallest absolute Gasteiger partial charge is 0.410 e. The van der Waals surface area contributed by atoms with E-state index < -0.39 is 5.60 Å². The van der Waals surface area contributed by atoms with E-state index in [0.29, 0.717) is 30.3 Å². The minimum absolute atomic E-state index is 0.167. The van der Waals surface area contributed by atoms with Gasteiger partial charge in [-0.25, -0.2) is 14.5 Å². The van der Waals surface area contributed by atoms with E-state index in [1.807, 2.05) is 44.5 Å². The van der Waals surface area contributed by atoms with E-state index in [9.17, 15) is 4.79 Å². The molecule has 0 bridgehead atoms. The van der Waals surface area contributed by atoms with Crippen LogP contribution in [0.3, 0.4) is 0 Å². The number of imidazole rings is 1. The van der Waals surface area contributed by atoms with Crippen LogP contribution >= 0.6 is 0 Å². The molecule has 0 radical (unpaired) electrons. The molecule has 1 amide bonds. The monoisotopic (exact) mass is 436 g/mol. The molecule has 3 aromatic rings. The highest BCUT2D eigenvalue weighted by molar-refractivity contribution is 5.69. The van der Waals surface area contributed by atoms with Crippen molar-refractivity contribution in [3.8, 4) is 29.5 Å². The number of carbonyl (C=O) groups is 1. The summed E-state index contributed by atoms with van der Waals surface area (Å²) in [5.41, 5.74) is 3.40. The maximum Gasteiger partial charge on any atom is 0.410 e. The van der Waals surface area contributed by atoms with Crippen LogP contribution in [0.1, 0.15) is 51.0 Å². The minimum Gasteiger partial charge on any atom is -0.482 e. The molecule has 3 aromatic heterocycles. The van der Waals surface area contributed by atoms with Gasteiger partial charge in [0.05, 0.1) is 25.0 Å². The first-order chi connectivity index (χ1) is 15.2. The van der Waals surface area contributed by atoms with Crippen molar-refractivity contribution in [1.29, 1.82) is 0 Å². The predicted octanol–water partition coefficient (Wildman–Crippen LogP) is 3.46. The maximum atomic E-state index is 12.3. The Balaban J connectivity index is 1.55. The third-order valence-corrected chi connectivity index (χ3v) is 5.59. The van der Waals surface area contributed by atoms with Crippen LogP contribution in [-0.2, 0) is 4.74 Å². The number of hydrogen-bond acceptors (Lipinski definition) is 6. The summed E-state index contributed by atoms with van der Waals surface area (Å²) in [5, 5.41) is 8.88. The number of aromatic nitrogens is 5. The van der Waals surface area contributed by atoms with Crippen molar-refractivity contribution in [2.75, 3.05) is 20.2 Å². The lowest BCUT2D eigenvalue weighted by Gasteiger charge is -2.33. The van der Waals surface area contributed by atoms with E-state index in [1.54, 1.807) is 22.6 Å². The summed E-state index contributed by atoms with van der Waals surface area (Å²) in [5.74, 6) is 3.20. The second kappa shape index (κ2) is 8.19. The van der Waals surface area contributed by atoms with Crippen LogP contribution in [-0.4, -0.2) is 61.2 Å². The van der Waals surface area contributed by atoms with Crippen molar-refractivity contribution in [2.45, 2.75) is 52.2 Å². The number of likely N-dealkylation sites (tertiary alicyclic amines) is 1. The first-order valence-corrected chi connectivity index (χ1v) is 10.6. The van der Waals surface area contributed by atoms with Gasteiger partial charge in [-0.15, -0.1) is 11.5 Å². The zero-order valence-corrected chi connectivity index (χ0v) is 19.1. The summed E-state index contributed by atoms with van der Waals surface area (Å²) in [7, 11) is 1.60. The summed E-state index contributed by atoms with van der Waals surface area (Å²) in [4.78, 5) is 18.5. The Hall–Kier alpha value is -3.54. The van der Waals surface area contributed by atoms with Gasteiger partial charge in [-0.05, 0) is 46.6 Å². The van der Waals surface area contributed by atoms with Crippen molar-refractivity contribution in [1.82, 2.24) is 29.3 Å². The van der Waals surface area contributed by atoms with Gasteiger partial charge in [-0.1, -0.05) is 11.1 Å². The molecule has 9 heteroatoms. The van der Waals surface area contributed by atoms with Crippen LogP contribution in [0.4, 0.5) is 4.79 Å². The Bertz CT molecular complexity index is 1190. The molecule has 0 atom stereocenters. The van der Waals surface area contributed by atoms with Gasteiger partial charge in [0.2, 0.25) is 5.88 Å². The zero-order valence-electron chi connectivity index (χ0n) is 19.1. The van der Waals surface area contributed by atoms with Gasteiger partial charge in [0.15, 0.2) is 0 Å². The minimum atomic E-state index is -0.497. The van der Waals surface area contributed by atoms with E-state index in [1.165, 1.54) is 0 Å². The second-order valence-corrected chi connectivity index (χ2v) is 8.93. The predicted molar refractivity (Wildman–Crippen MR) is 120 cm³/mol. The van der Waals surface area contributed by atoms with Crippen molar-refractivity contribution in [3.05, 3.63) is 29.7 Å². The largest absolute Gasteiger partial charge is 0.482 e. The molecule has 0 unspecified atom stereocenters. The standard InChI is InChI=1S/C23H28N6O3/c1-7-17-14-24-19-12-16(13-20(31-6)28(17)19)21-15(2)29(26-25-21)18-8-10-27(11-9-18)22(30)32-23(3,4)5/h1,12-14,18H,8-11H2,2-6H3. The fourth-order valence-corrected chi connectivity index (χ4v) is 4.04. The molecule has 0 N–H and O–H groups in total. The molecule has 4 rings (SSSR count). The molecule has 1 saturated heterocycles. The van der Waals surface area contributed by atoms with Crippen LogP contribution in [0.15, 0.2) is 18.3 Å².